The second-order valence-electron chi connectivity index (χ2n) is 6.83. The number of nitrogens with two attached hydrogens (primary N) is 1. The Morgan fingerprint density at radius 2 is 1.76 bits per heavy atom. The van der Waals surface area contributed by atoms with Gasteiger partial charge in [0.05, 0.1) is 5.69 Å². The van der Waals surface area contributed by atoms with Crippen molar-refractivity contribution in [2.24, 2.45) is 26.4 Å². The summed E-state index contributed by atoms with van der Waals surface area (Å²) in [5.74, 6) is 5.81. The monoisotopic (exact) mass is 462 g/mol. The molecule has 3 N–H and O–H groups in total. The van der Waals surface area contributed by atoms with Gasteiger partial charge in [-0.05, 0) is 24.3 Å². The van der Waals surface area contributed by atoms with Gasteiger partial charge in [0.1, 0.15) is 28.6 Å². The summed E-state index contributed by atoms with van der Waals surface area (Å²) >= 11 is 0. The molecule has 0 spiro atoms. The molecule has 0 atom stereocenters. The number of rotatable bonds is 7. The molecule has 0 radical (unpaired) electrons. The Morgan fingerprint density at radius 1 is 0.939 bits per heavy atom. The van der Waals surface area contributed by atoms with E-state index < -0.39 is 10.1 Å². The Labute approximate surface area is 189 Å². The third-order valence-corrected chi connectivity index (χ3v) is 5.51. The van der Waals surface area contributed by atoms with Gasteiger partial charge in [-0.3, -0.25) is 9.54 Å². The van der Waals surface area contributed by atoms with E-state index in [1.807, 2.05) is 12.1 Å². The van der Waals surface area contributed by atoms with Gasteiger partial charge in [0, 0.05) is 34.8 Å². The molecule has 0 saturated carbocycles. The van der Waals surface area contributed by atoms with E-state index in [0.29, 0.717) is 23.4 Å². The summed E-state index contributed by atoms with van der Waals surface area (Å²) in [4.78, 5) is 3.72. The van der Waals surface area contributed by atoms with Gasteiger partial charge in [0.15, 0.2) is 0 Å². The van der Waals surface area contributed by atoms with Crippen LogP contribution in [0.2, 0.25) is 0 Å². The molecule has 0 aliphatic rings. The zero-order valence-electron chi connectivity index (χ0n) is 17.1. The van der Waals surface area contributed by atoms with Crippen LogP contribution in [0.25, 0.3) is 10.8 Å². The lowest BCUT2D eigenvalue weighted by Gasteiger charge is -2.09. The fourth-order valence-electron chi connectivity index (χ4n) is 3.16. The molecule has 11 heteroatoms. The highest BCUT2D eigenvalue weighted by atomic mass is 32.2. The normalized spacial score (nSPS) is 12.0. The summed E-state index contributed by atoms with van der Waals surface area (Å²) in [6, 6.07) is 18.3. The summed E-state index contributed by atoms with van der Waals surface area (Å²) in [5.41, 5.74) is 1.65. The maximum Gasteiger partial charge on any atom is 0.295 e. The summed E-state index contributed by atoms with van der Waals surface area (Å²) < 4.78 is 39.4. The average molecular weight is 462 g/mol. The quantitative estimate of drug-likeness (QED) is 0.162. The van der Waals surface area contributed by atoms with Crippen LogP contribution in [-0.4, -0.2) is 18.0 Å². The van der Waals surface area contributed by atoms with Gasteiger partial charge < -0.3 is 10.6 Å². The number of hydrogen-bond acceptors (Lipinski definition) is 8. The molecule has 33 heavy (non-hydrogen) atoms. The molecule has 1 heterocycles. The first-order chi connectivity index (χ1) is 16.0. The van der Waals surface area contributed by atoms with E-state index in [9.17, 15) is 13.0 Å². The molecule has 10 nitrogen and oxygen atoms in total. The Balaban J connectivity index is 1.70. The van der Waals surface area contributed by atoms with Crippen molar-refractivity contribution in [2.75, 3.05) is 0 Å². The van der Waals surface area contributed by atoms with Crippen molar-refractivity contribution in [3.05, 3.63) is 84.7 Å². The van der Waals surface area contributed by atoms with Crippen LogP contribution >= 0.6 is 0 Å². The lowest BCUT2D eigenvalue weighted by molar-refractivity contribution is 0.306. The van der Waals surface area contributed by atoms with Crippen molar-refractivity contribution in [2.45, 2.75) is 11.5 Å². The van der Waals surface area contributed by atoms with Crippen molar-refractivity contribution in [3.63, 3.8) is 0 Å². The van der Waals surface area contributed by atoms with Gasteiger partial charge in [-0.2, -0.15) is 13.5 Å². The molecule has 3 aromatic carbocycles. The molecule has 0 amide bonds. The molecule has 0 bridgehead atoms. The van der Waals surface area contributed by atoms with Crippen LogP contribution in [0.5, 0.6) is 5.75 Å². The molecule has 0 aliphatic heterocycles. The third kappa shape index (κ3) is 5.17. The second kappa shape index (κ2) is 9.51. The molecule has 1 aromatic heterocycles. The van der Waals surface area contributed by atoms with E-state index in [4.69, 9.17) is 10.6 Å². The van der Waals surface area contributed by atoms with Gasteiger partial charge in [-0.1, -0.05) is 41.6 Å². The van der Waals surface area contributed by atoms with E-state index in [-0.39, 0.29) is 21.7 Å². The van der Waals surface area contributed by atoms with Crippen LogP contribution in [0.4, 0.5) is 17.1 Å². The van der Waals surface area contributed by atoms with E-state index in [0.717, 1.165) is 5.56 Å². The molecular formula is C22H18N6O4S. The Kier molecular flexibility index (Phi) is 6.33. The van der Waals surface area contributed by atoms with Gasteiger partial charge in [0.2, 0.25) is 0 Å². The minimum atomic E-state index is -4.54. The van der Waals surface area contributed by atoms with Crippen LogP contribution in [0.1, 0.15) is 5.56 Å². The average Bonchev–Trinajstić information content (AvgIpc) is 2.82. The highest BCUT2D eigenvalue weighted by Gasteiger charge is 2.19. The minimum absolute atomic E-state index is 0.0669. The van der Waals surface area contributed by atoms with Gasteiger partial charge >= 0.3 is 0 Å². The molecule has 0 saturated heterocycles. The zero-order chi connectivity index (χ0) is 23.3. The van der Waals surface area contributed by atoms with Gasteiger partial charge in [-0.15, -0.1) is 10.2 Å². The maximum absolute atomic E-state index is 12.0. The smallest absolute Gasteiger partial charge is 0.295 e. The summed E-state index contributed by atoms with van der Waals surface area (Å²) in [5, 5.41) is 16.2. The van der Waals surface area contributed by atoms with Crippen molar-refractivity contribution in [1.82, 2.24) is 4.98 Å². The largest absolute Gasteiger partial charge is 0.489 e. The highest BCUT2D eigenvalue weighted by Crippen LogP contribution is 2.40. The predicted octanol–water partition coefficient (Wildman–Crippen LogP) is 5.43. The number of hydrogen-bond donors (Lipinski definition) is 2. The number of benzene rings is 3. The fraction of sp³-hybridized carbons (Fsp3) is 0.0455. The van der Waals surface area contributed by atoms with Crippen molar-refractivity contribution in [3.8, 4) is 5.75 Å². The Morgan fingerprint density at radius 3 is 2.48 bits per heavy atom. The van der Waals surface area contributed by atoms with E-state index >= 15 is 0 Å². The zero-order valence-corrected chi connectivity index (χ0v) is 17.9. The minimum Gasteiger partial charge on any atom is -0.489 e. The van der Waals surface area contributed by atoms with Crippen molar-refractivity contribution >= 4 is 38.0 Å². The topological polar surface area (TPSA) is 152 Å². The van der Waals surface area contributed by atoms with Crippen molar-refractivity contribution in [1.29, 1.82) is 0 Å². The number of aromatic nitrogens is 1. The molecule has 4 rings (SSSR count). The number of ether oxygens (including phenoxy) is 1. The molecule has 4 aromatic rings. The van der Waals surface area contributed by atoms with Gasteiger partial charge in [0.25, 0.3) is 10.1 Å². The molecule has 0 aliphatic carbocycles. The first kappa shape index (κ1) is 22.0. The van der Waals surface area contributed by atoms with Gasteiger partial charge in [-0.25, -0.2) is 0 Å². The lowest BCUT2D eigenvalue weighted by Crippen LogP contribution is -1.99. The van der Waals surface area contributed by atoms with Crippen LogP contribution in [0.15, 0.2) is 105 Å². The molecule has 166 valence electrons. The number of azo groups is 1. The number of fused-ring (bicyclic) bond motifs is 1. The highest BCUT2D eigenvalue weighted by molar-refractivity contribution is 7.86. The first-order valence-corrected chi connectivity index (χ1v) is 11.1. The van der Waals surface area contributed by atoms with E-state index in [2.05, 4.69) is 25.5 Å². The second-order valence-corrected chi connectivity index (χ2v) is 8.22. The van der Waals surface area contributed by atoms with Crippen LogP contribution in [0.3, 0.4) is 0 Å². The molecule has 0 fully saturated rings. The SMILES string of the molecule is NN=Nc1c(N=Nc2cccc(OCc3cccnc3)c2)cc(S(=O)(=O)O)c2ccccc12. The van der Waals surface area contributed by atoms with Crippen LogP contribution in [-0.2, 0) is 16.7 Å². The Hall–Kier alpha value is -4.22. The van der Waals surface area contributed by atoms with E-state index in [1.165, 1.54) is 12.1 Å². The van der Waals surface area contributed by atoms with Crippen LogP contribution < -0.4 is 10.6 Å². The summed E-state index contributed by atoms with van der Waals surface area (Å²) in [6.07, 6.45) is 3.40. The number of nitrogens with zero attached hydrogens (tertiary/aromatic N) is 5. The molecule has 0 unspecified atom stereocenters. The van der Waals surface area contributed by atoms with E-state index in [1.54, 1.807) is 54.9 Å². The standard InChI is InChI=1S/C22H18N6O4S/c23-28-27-22-19-9-2-1-8-18(19)21(33(29,30)31)12-20(22)26-25-16-6-3-7-17(11-16)32-14-15-5-4-10-24-13-15/h1-13H,14H2,(H2,23,27)(H,29,30,31). The fourth-order valence-corrected chi connectivity index (χ4v) is 3.88. The first-order valence-electron chi connectivity index (χ1n) is 9.63. The van der Waals surface area contributed by atoms with Crippen LogP contribution in [0, 0.1) is 0 Å². The summed E-state index contributed by atoms with van der Waals surface area (Å²) in [6.45, 7) is 0.331. The predicted molar refractivity (Wildman–Crippen MR) is 122 cm³/mol. The van der Waals surface area contributed by atoms with Crippen molar-refractivity contribution < 1.29 is 17.7 Å². The number of pyridine rings is 1. The third-order valence-electron chi connectivity index (χ3n) is 4.61. The Bertz CT molecular complexity index is 1460. The lowest BCUT2D eigenvalue weighted by atomic mass is 10.1. The molecular weight excluding hydrogens is 444 g/mol. The summed E-state index contributed by atoms with van der Waals surface area (Å²) in [7, 11) is -4.54. The maximum atomic E-state index is 12.0.